The number of rotatable bonds is 2. The summed E-state index contributed by atoms with van der Waals surface area (Å²) in [5, 5.41) is 4.92. The van der Waals surface area contributed by atoms with Crippen molar-refractivity contribution in [1.82, 2.24) is 5.32 Å². The van der Waals surface area contributed by atoms with Gasteiger partial charge in [0.2, 0.25) is 0 Å². The van der Waals surface area contributed by atoms with Gasteiger partial charge in [0.25, 0.3) is 0 Å². The maximum Gasteiger partial charge on any atom is 0.319 e. The number of halogens is 2. The topological polar surface area (TPSA) is 41.1 Å². The molecule has 0 unspecified atom stereocenters. The molecule has 1 aromatic carbocycles. The number of urea groups is 1. The van der Waals surface area contributed by atoms with E-state index in [0.717, 1.165) is 12.1 Å². The zero-order valence-electron chi connectivity index (χ0n) is 10.1. The minimum atomic E-state index is -0.795. The van der Waals surface area contributed by atoms with Gasteiger partial charge in [-0.1, -0.05) is 20.8 Å². The Morgan fingerprint density at radius 3 is 2.47 bits per heavy atom. The van der Waals surface area contributed by atoms with Crippen LogP contribution in [0.25, 0.3) is 0 Å². The number of anilines is 1. The van der Waals surface area contributed by atoms with Gasteiger partial charge in [-0.05, 0) is 17.5 Å². The Morgan fingerprint density at radius 2 is 1.94 bits per heavy atom. The van der Waals surface area contributed by atoms with Crippen LogP contribution in [0.4, 0.5) is 19.3 Å². The molecule has 2 amide bonds. The SMILES string of the molecule is CC(C)(C)CNC(=O)Nc1ccc(F)cc1F. The van der Waals surface area contributed by atoms with Crippen molar-refractivity contribution in [3.05, 3.63) is 29.8 Å². The summed E-state index contributed by atoms with van der Waals surface area (Å²) in [6.45, 7) is 6.35. The van der Waals surface area contributed by atoms with Crippen molar-refractivity contribution in [2.24, 2.45) is 5.41 Å². The second-order valence-corrected chi connectivity index (χ2v) is 4.99. The predicted molar refractivity (Wildman–Crippen MR) is 62.8 cm³/mol. The zero-order chi connectivity index (χ0) is 13.1. The molecule has 0 aromatic heterocycles. The van der Waals surface area contributed by atoms with Gasteiger partial charge in [0.1, 0.15) is 11.6 Å². The monoisotopic (exact) mass is 242 g/mol. The molecule has 0 saturated heterocycles. The van der Waals surface area contributed by atoms with Crippen molar-refractivity contribution in [1.29, 1.82) is 0 Å². The first-order valence-corrected chi connectivity index (χ1v) is 5.28. The largest absolute Gasteiger partial charge is 0.337 e. The van der Waals surface area contributed by atoms with Gasteiger partial charge < -0.3 is 10.6 Å². The van der Waals surface area contributed by atoms with Gasteiger partial charge in [0.05, 0.1) is 5.69 Å². The van der Waals surface area contributed by atoms with E-state index in [2.05, 4.69) is 10.6 Å². The molecule has 0 aliphatic heterocycles. The van der Waals surface area contributed by atoms with Crippen LogP contribution < -0.4 is 10.6 Å². The Balaban J connectivity index is 2.57. The summed E-state index contributed by atoms with van der Waals surface area (Å²) in [7, 11) is 0. The molecule has 0 spiro atoms. The molecule has 0 heterocycles. The van der Waals surface area contributed by atoms with Gasteiger partial charge in [-0.15, -0.1) is 0 Å². The summed E-state index contributed by atoms with van der Waals surface area (Å²) in [6.07, 6.45) is 0. The van der Waals surface area contributed by atoms with Crippen LogP contribution in [0.3, 0.4) is 0 Å². The van der Waals surface area contributed by atoms with Gasteiger partial charge >= 0.3 is 6.03 Å². The average Bonchev–Trinajstić information content (AvgIpc) is 2.18. The van der Waals surface area contributed by atoms with E-state index in [9.17, 15) is 13.6 Å². The zero-order valence-corrected chi connectivity index (χ0v) is 10.1. The van der Waals surface area contributed by atoms with Crippen LogP contribution in [0, 0.1) is 17.0 Å². The van der Waals surface area contributed by atoms with Crippen molar-refractivity contribution in [3.63, 3.8) is 0 Å². The normalized spacial score (nSPS) is 11.1. The van der Waals surface area contributed by atoms with E-state index in [4.69, 9.17) is 0 Å². The molecule has 94 valence electrons. The van der Waals surface area contributed by atoms with E-state index >= 15 is 0 Å². The van der Waals surface area contributed by atoms with Crippen LogP contribution in [0.2, 0.25) is 0 Å². The smallest absolute Gasteiger partial charge is 0.319 e. The number of hydrogen-bond donors (Lipinski definition) is 2. The van der Waals surface area contributed by atoms with Gasteiger partial charge in [0, 0.05) is 12.6 Å². The van der Waals surface area contributed by atoms with E-state index in [0.29, 0.717) is 6.54 Å². The Kier molecular flexibility index (Phi) is 4.04. The van der Waals surface area contributed by atoms with Crippen molar-refractivity contribution < 1.29 is 13.6 Å². The quantitative estimate of drug-likeness (QED) is 0.821. The van der Waals surface area contributed by atoms with E-state index in [-0.39, 0.29) is 11.1 Å². The van der Waals surface area contributed by atoms with Gasteiger partial charge in [-0.25, -0.2) is 13.6 Å². The molecule has 1 rings (SSSR count). The average molecular weight is 242 g/mol. The van der Waals surface area contributed by atoms with Crippen molar-refractivity contribution in [3.8, 4) is 0 Å². The fourth-order valence-electron chi connectivity index (χ4n) is 1.10. The fraction of sp³-hybridized carbons (Fsp3) is 0.417. The number of carbonyl (C=O) groups is 1. The molecule has 1 aromatic rings. The molecular formula is C12H16F2N2O. The van der Waals surface area contributed by atoms with Crippen molar-refractivity contribution >= 4 is 11.7 Å². The molecule has 3 nitrogen and oxygen atoms in total. The fourth-order valence-corrected chi connectivity index (χ4v) is 1.10. The van der Waals surface area contributed by atoms with Crippen LogP contribution >= 0.6 is 0 Å². The van der Waals surface area contributed by atoms with Crippen LogP contribution in [0.1, 0.15) is 20.8 Å². The molecule has 0 aliphatic rings. The third-order valence-electron chi connectivity index (χ3n) is 1.96. The summed E-state index contributed by atoms with van der Waals surface area (Å²) in [6, 6.07) is 2.48. The number of hydrogen-bond acceptors (Lipinski definition) is 1. The van der Waals surface area contributed by atoms with Crippen LogP contribution in [-0.4, -0.2) is 12.6 Å². The Morgan fingerprint density at radius 1 is 1.29 bits per heavy atom. The van der Waals surface area contributed by atoms with Gasteiger partial charge in [-0.2, -0.15) is 0 Å². The third kappa shape index (κ3) is 4.80. The first-order chi connectivity index (χ1) is 7.78. The maximum absolute atomic E-state index is 13.2. The van der Waals surface area contributed by atoms with Crippen LogP contribution in [0.15, 0.2) is 18.2 Å². The summed E-state index contributed by atoms with van der Waals surface area (Å²) in [5.41, 5.74) is -0.101. The molecule has 0 bridgehead atoms. The van der Waals surface area contributed by atoms with Gasteiger partial charge in [-0.3, -0.25) is 0 Å². The van der Waals surface area contributed by atoms with E-state index in [1.807, 2.05) is 20.8 Å². The molecule has 0 atom stereocenters. The van der Waals surface area contributed by atoms with Crippen molar-refractivity contribution in [2.45, 2.75) is 20.8 Å². The summed E-state index contributed by atoms with van der Waals surface area (Å²) < 4.78 is 25.8. The Bertz CT molecular complexity index is 413. The molecular weight excluding hydrogens is 226 g/mol. The lowest BCUT2D eigenvalue weighted by atomic mass is 9.97. The highest BCUT2D eigenvalue weighted by Crippen LogP contribution is 2.15. The standard InChI is InChI=1S/C12H16F2N2O/c1-12(2,3)7-15-11(17)16-10-5-4-8(13)6-9(10)14/h4-6H,7H2,1-3H3,(H2,15,16,17). The number of carbonyl (C=O) groups excluding carboxylic acids is 1. The van der Waals surface area contributed by atoms with Crippen LogP contribution in [0.5, 0.6) is 0 Å². The second kappa shape index (κ2) is 5.12. The van der Waals surface area contributed by atoms with E-state index in [1.54, 1.807) is 0 Å². The summed E-state index contributed by atoms with van der Waals surface area (Å²) in [4.78, 5) is 11.4. The minimum Gasteiger partial charge on any atom is -0.337 e. The highest BCUT2D eigenvalue weighted by Gasteiger charge is 2.13. The lowest BCUT2D eigenvalue weighted by Crippen LogP contribution is -2.35. The Labute approximate surface area is 99.2 Å². The maximum atomic E-state index is 13.2. The van der Waals surface area contributed by atoms with Gasteiger partial charge in [0.15, 0.2) is 0 Å². The highest BCUT2D eigenvalue weighted by atomic mass is 19.1. The number of amides is 2. The number of benzene rings is 1. The van der Waals surface area contributed by atoms with Crippen molar-refractivity contribution in [2.75, 3.05) is 11.9 Å². The second-order valence-electron chi connectivity index (χ2n) is 4.99. The molecule has 0 saturated carbocycles. The minimum absolute atomic E-state index is 0.0437. The molecule has 0 radical (unpaired) electrons. The summed E-state index contributed by atoms with van der Waals surface area (Å²) >= 11 is 0. The lowest BCUT2D eigenvalue weighted by Gasteiger charge is -2.19. The van der Waals surface area contributed by atoms with E-state index < -0.39 is 17.7 Å². The summed E-state index contributed by atoms with van der Waals surface area (Å²) in [5.74, 6) is -1.47. The molecule has 0 fully saturated rings. The first-order valence-electron chi connectivity index (χ1n) is 5.28. The predicted octanol–water partition coefficient (Wildman–Crippen LogP) is 3.13. The Hall–Kier alpha value is -1.65. The van der Waals surface area contributed by atoms with E-state index in [1.165, 1.54) is 6.07 Å². The lowest BCUT2D eigenvalue weighted by molar-refractivity contribution is 0.246. The third-order valence-corrected chi connectivity index (χ3v) is 1.96. The highest BCUT2D eigenvalue weighted by molar-refractivity contribution is 5.89. The number of nitrogens with one attached hydrogen (secondary N) is 2. The molecule has 5 heteroatoms. The molecule has 2 N–H and O–H groups in total. The van der Waals surface area contributed by atoms with Crippen LogP contribution in [-0.2, 0) is 0 Å². The molecule has 0 aliphatic carbocycles. The first kappa shape index (κ1) is 13.4. The molecule has 17 heavy (non-hydrogen) atoms.